The van der Waals surface area contributed by atoms with Gasteiger partial charge in [0.2, 0.25) is 0 Å². The maximum atomic E-state index is 5.51. The second kappa shape index (κ2) is 4.82. The summed E-state index contributed by atoms with van der Waals surface area (Å²) in [5.74, 6) is 0. The number of hydrogen-bond acceptors (Lipinski definition) is 1. The molecule has 0 saturated heterocycles. The first-order valence-corrected chi connectivity index (χ1v) is 3.63. The van der Waals surface area contributed by atoms with Crippen LogP contribution in [0.3, 0.4) is 0 Å². The Morgan fingerprint density at radius 2 is 2.29 bits per heavy atom. The van der Waals surface area contributed by atoms with E-state index in [1.165, 1.54) is 17.3 Å². The minimum atomic E-state index is 0.120. The summed E-state index contributed by atoms with van der Waals surface area (Å²) in [5, 5.41) is 1.75. The number of alkyl halides is 1. The molecule has 1 unspecified atom stereocenters. The molecule has 0 aliphatic heterocycles. The zero-order valence-corrected chi connectivity index (χ0v) is 6.22. The van der Waals surface area contributed by atoms with Gasteiger partial charge in [-0.05, 0) is 12.3 Å². The Morgan fingerprint density at radius 1 is 1.71 bits per heavy atom. The van der Waals surface area contributed by atoms with Gasteiger partial charge in [0.05, 0.1) is 4.71 Å². The number of halogens is 2. The summed E-state index contributed by atoms with van der Waals surface area (Å²) in [4.78, 5) is 0. The van der Waals surface area contributed by atoms with Crippen LogP contribution in [0, 0.1) is 0 Å². The van der Waals surface area contributed by atoms with E-state index in [9.17, 15) is 0 Å². The highest BCUT2D eigenvalue weighted by Gasteiger charge is 1.87. The van der Waals surface area contributed by atoms with Gasteiger partial charge in [0, 0.05) is 5.54 Å². The molecule has 0 aromatic rings. The lowest BCUT2D eigenvalue weighted by Gasteiger charge is -1.90. The molecule has 0 aliphatic rings. The topological polar surface area (TPSA) is 0 Å². The third-order valence-electron chi connectivity index (χ3n) is 0.318. The molecule has 0 bridgehead atoms. The van der Waals surface area contributed by atoms with E-state index < -0.39 is 0 Å². The molecule has 0 heterocycles. The van der Waals surface area contributed by atoms with Crippen LogP contribution < -0.4 is 0 Å². The molecule has 0 aromatic heterocycles. The van der Waals surface area contributed by atoms with Crippen molar-refractivity contribution in [2.75, 3.05) is 0 Å². The molecule has 0 aliphatic carbocycles. The van der Waals surface area contributed by atoms with Gasteiger partial charge in [-0.2, -0.15) is 0 Å². The first-order valence-electron chi connectivity index (χ1n) is 1.82. The Kier molecular flexibility index (Phi) is 5.28. The van der Waals surface area contributed by atoms with Crippen molar-refractivity contribution < 1.29 is 0 Å². The zero-order valence-electron chi connectivity index (χ0n) is 3.90. The van der Waals surface area contributed by atoms with Crippen LogP contribution >= 0.6 is 35.0 Å². The van der Waals surface area contributed by atoms with E-state index in [0.29, 0.717) is 0 Å². The third-order valence-corrected chi connectivity index (χ3v) is 1.57. The molecule has 0 radical (unpaired) electrons. The second-order valence-corrected chi connectivity index (χ2v) is 3.36. The average Bonchev–Trinajstić information content (AvgIpc) is 1.61. The number of rotatable bonds is 2. The van der Waals surface area contributed by atoms with Crippen LogP contribution in [0.25, 0.3) is 0 Å². The molecule has 42 valence electrons. The van der Waals surface area contributed by atoms with Gasteiger partial charge in [-0.25, -0.2) is 0 Å². The van der Waals surface area contributed by atoms with E-state index in [0.717, 1.165) is 0 Å². The minimum absolute atomic E-state index is 0.120. The monoisotopic (exact) mass is 156 g/mol. The van der Waals surface area contributed by atoms with Crippen LogP contribution in [0.2, 0.25) is 0 Å². The molecular formula is C4H6Cl2S. The van der Waals surface area contributed by atoms with E-state index in [2.05, 4.69) is 0 Å². The van der Waals surface area contributed by atoms with Crippen LogP contribution in [-0.2, 0) is 0 Å². The molecule has 0 fully saturated rings. The van der Waals surface area contributed by atoms with Crippen molar-refractivity contribution in [3.8, 4) is 0 Å². The Labute approximate surface area is 57.9 Å². The van der Waals surface area contributed by atoms with Crippen LogP contribution in [0.15, 0.2) is 10.9 Å². The van der Waals surface area contributed by atoms with E-state index in [-0.39, 0.29) is 4.71 Å². The molecule has 0 saturated carbocycles. The van der Waals surface area contributed by atoms with Crippen LogP contribution in [0.5, 0.6) is 0 Å². The highest BCUT2D eigenvalue weighted by molar-refractivity contribution is 8.03. The summed E-state index contributed by atoms with van der Waals surface area (Å²) in [5.41, 5.74) is 1.45. The zero-order chi connectivity index (χ0) is 5.70. The van der Waals surface area contributed by atoms with Crippen LogP contribution in [-0.4, -0.2) is 4.71 Å². The van der Waals surface area contributed by atoms with Crippen molar-refractivity contribution in [3.05, 3.63) is 10.9 Å². The van der Waals surface area contributed by atoms with Crippen LogP contribution in [0.1, 0.15) is 6.92 Å². The van der Waals surface area contributed by atoms with Crippen molar-refractivity contribution in [3.63, 3.8) is 0 Å². The van der Waals surface area contributed by atoms with E-state index in [4.69, 9.17) is 23.2 Å². The predicted molar refractivity (Wildman–Crippen MR) is 37.9 cm³/mol. The lowest BCUT2D eigenvalue weighted by molar-refractivity contribution is 1.41. The Hall–Kier alpha value is 0.670. The summed E-state index contributed by atoms with van der Waals surface area (Å²) < 4.78 is 0.120. The Morgan fingerprint density at radius 3 is 2.43 bits per heavy atom. The summed E-state index contributed by atoms with van der Waals surface area (Å²) in [6.45, 7) is 1.89. The molecule has 0 N–H and O–H groups in total. The van der Waals surface area contributed by atoms with E-state index in [1.807, 2.05) is 6.92 Å². The van der Waals surface area contributed by atoms with E-state index in [1.54, 1.807) is 5.41 Å². The van der Waals surface area contributed by atoms with Crippen molar-refractivity contribution >= 4 is 35.0 Å². The summed E-state index contributed by atoms with van der Waals surface area (Å²) >= 11 is 12.2. The highest BCUT2D eigenvalue weighted by atomic mass is 35.5. The van der Waals surface area contributed by atoms with Gasteiger partial charge in [-0.1, -0.05) is 11.6 Å². The van der Waals surface area contributed by atoms with Crippen LogP contribution in [0.4, 0.5) is 0 Å². The fourth-order valence-corrected chi connectivity index (χ4v) is 0.770. The molecule has 7 heavy (non-hydrogen) atoms. The lowest BCUT2D eigenvalue weighted by Crippen LogP contribution is -1.73. The normalized spacial score (nSPS) is 15.3. The van der Waals surface area contributed by atoms with Gasteiger partial charge < -0.3 is 0 Å². The maximum Gasteiger partial charge on any atom is 0.0802 e. The fourth-order valence-electron chi connectivity index (χ4n) is 0.138. The fraction of sp³-hybridized carbons (Fsp3) is 0.500. The molecular weight excluding hydrogens is 151 g/mol. The first-order chi connectivity index (χ1) is 3.27. The maximum absolute atomic E-state index is 5.51. The molecule has 0 aromatic carbocycles. The SMILES string of the molecule is CC(Cl)S/C=C/Cl. The minimum Gasteiger partial charge on any atom is -0.114 e. The Balaban J connectivity index is 2.97. The quantitative estimate of drug-likeness (QED) is 0.555. The molecule has 0 spiro atoms. The number of hydrogen-bond donors (Lipinski definition) is 0. The summed E-state index contributed by atoms with van der Waals surface area (Å²) in [6.07, 6.45) is 0. The average molecular weight is 157 g/mol. The molecule has 0 rings (SSSR count). The van der Waals surface area contributed by atoms with Crippen molar-refractivity contribution in [2.24, 2.45) is 0 Å². The summed E-state index contributed by atoms with van der Waals surface area (Å²) in [7, 11) is 0. The van der Waals surface area contributed by atoms with Gasteiger partial charge in [0.15, 0.2) is 0 Å². The molecule has 0 amide bonds. The largest absolute Gasteiger partial charge is 0.114 e. The predicted octanol–water partition coefficient (Wildman–Crippen LogP) is 3.01. The summed E-state index contributed by atoms with van der Waals surface area (Å²) in [6, 6.07) is 0. The van der Waals surface area contributed by atoms with Crippen molar-refractivity contribution in [1.82, 2.24) is 0 Å². The van der Waals surface area contributed by atoms with Gasteiger partial charge in [-0.15, -0.1) is 23.4 Å². The van der Waals surface area contributed by atoms with Gasteiger partial charge >= 0.3 is 0 Å². The number of thioether (sulfide) groups is 1. The van der Waals surface area contributed by atoms with Crippen molar-refractivity contribution in [1.29, 1.82) is 0 Å². The molecule has 0 nitrogen and oxygen atoms in total. The van der Waals surface area contributed by atoms with Gasteiger partial charge in [0.1, 0.15) is 0 Å². The van der Waals surface area contributed by atoms with E-state index >= 15 is 0 Å². The first kappa shape index (κ1) is 7.67. The standard InChI is InChI=1S/C4H6Cl2S/c1-4(6)7-3-2-5/h2-4H,1H3/b3-2+. The lowest BCUT2D eigenvalue weighted by atomic mass is 11.0. The second-order valence-electron chi connectivity index (χ2n) is 0.941. The third kappa shape index (κ3) is 6.67. The van der Waals surface area contributed by atoms with Gasteiger partial charge in [-0.3, -0.25) is 0 Å². The highest BCUT2D eigenvalue weighted by Crippen LogP contribution is 2.14. The Bertz CT molecular complexity index is 60.7. The van der Waals surface area contributed by atoms with Gasteiger partial charge in [0.25, 0.3) is 0 Å². The molecule has 1 atom stereocenters. The smallest absolute Gasteiger partial charge is 0.0802 e. The van der Waals surface area contributed by atoms with Crippen molar-refractivity contribution in [2.45, 2.75) is 11.6 Å². The molecule has 3 heteroatoms.